The van der Waals surface area contributed by atoms with E-state index in [2.05, 4.69) is 52.5 Å². The van der Waals surface area contributed by atoms with Gasteiger partial charge in [0.2, 0.25) is 5.91 Å². The fourth-order valence-electron chi connectivity index (χ4n) is 4.33. The van der Waals surface area contributed by atoms with Gasteiger partial charge < -0.3 is 19.9 Å². The number of carbonyl (C=O) groups excluding carboxylic acids is 1. The van der Waals surface area contributed by atoms with Crippen LogP contribution in [0.2, 0.25) is 0 Å². The first-order chi connectivity index (χ1) is 16.1. The molecule has 6 nitrogen and oxygen atoms in total. The van der Waals surface area contributed by atoms with Gasteiger partial charge >= 0.3 is 0 Å². The Kier molecular flexibility index (Phi) is 8.18. The van der Waals surface area contributed by atoms with Gasteiger partial charge in [0.15, 0.2) is 5.13 Å². The number of nitrogens with one attached hydrogen (secondary N) is 1. The van der Waals surface area contributed by atoms with E-state index in [0.717, 1.165) is 73.1 Å². The second kappa shape index (κ2) is 11.5. The summed E-state index contributed by atoms with van der Waals surface area (Å²) >= 11 is 1.68. The second-order valence-corrected chi connectivity index (χ2v) is 9.72. The first kappa shape index (κ1) is 23.5. The largest absolute Gasteiger partial charge is 0.494 e. The van der Waals surface area contributed by atoms with Crippen molar-refractivity contribution in [2.24, 2.45) is 5.92 Å². The number of thiazole rings is 1. The Morgan fingerprint density at radius 2 is 2.12 bits per heavy atom. The van der Waals surface area contributed by atoms with E-state index in [9.17, 15) is 4.79 Å². The highest BCUT2D eigenvalue weighted by Crippen LogP contribution is 2.33. The fourth-order valence-corrected chi connectivity index (χ4v) is 5.36. The van der Waals surface area contributed by atoms with Gasteiger partial charge in [0.05, 0.1) is 22.7 Å². The monoisotopic (exact) mass is 466 g/mol. The molecule has 1 aliphatic rings. The lowest BCUT2D eigenvalue weighted by Gasteiger charge is -2.31. The van der Waals surface area contributed by atoms with Crippen LogP contribution in [0, 0.1) is 5.92 Å². The average molecular weight is 467 g/mol. The van der Waals surface area contributed by atoms with E-state index >= 15 is 0 Å². The molecule has 2 heterocycles. The molecule has 0 spiro atoms. The highest BCUT2D eigenvalue weighted by atomic mass is 32.1. The Hall–Kier alpha value is -2.64. The number of fused-ring (bicyclic) bond motifs is 1. The predicted octanol–water partition coefficient (Wildman–Crippen LogP) is 4.55. The molecule has 0 saturated carbocycles. The summed E-state index contributed by atoms with van der Waals surface area (Å²) < 4.78 is 6.74. The van der Waals surface area contributed by atoms with Gasteiger partial charge in [-0.15, -0.1) is 0 Å². The molecule has 1 atom stereocenters. The minimum absolute atomic E-state index is 0.0202. The summed E-state index contributed by atoms with van der Waals surface area (Å²) in [4.78, 5) is 22.2. The SMILES string of the molecule is CCOc1ccc2nc(N3CCC[C@H](C(=O)NCCCN(C)Cc4ccccc4)C3)sc2c1. The zero-order valence-electron chi connectivity index (χ0n) is 19.6. The number of rotatable bonds is 10. The van der Waals surface area contributed by atoms with Crippen molar-refractivity contribution in [2.45, 2.75) is 32.7 Å². The van der Waals surface area contributed by atoms with Crippen molar-refractivity contribution in [3.8, 4) is 5.75 Å². The first-order valence-corrected chi connectivity index (χ1v) is 12.7. The van der Waals surface area contributed by atoms with E-state index in [0.29, 0.717) is 6.61 Å². The van der Waals surface area contributed by atoms with Crippen LogP contribution in [0.3, 0.4) is 0 Å². The molecule has 1 saturated heterocycles. The Labute approximate surface area is 200 Å². The van der Waals surface area contributed by atoms with Gasteiger partial charge in [0, 0.05) is 26.2 Å². The normalized spacial score (nSPS) is 16.3. The van der Waals surface area contributed by atoms with E-state index < -0.39 is 0 Å². The standard InChI is InChI=1S/C26H34N4O2S/c1-3-32-22-12-13-23-24(17-22)33-26(28-23)30-16-7-11-21(19-30)25(31)27-14-8-15-29(2)18-20-9-5-4-6-10-20/h4-6,9-10,12-13,17,21H,3,7-8,11,14-16,18-19H2,1-2H3,(H,27,31)/t21-/m0/s1. The predicted molar refractivity (Wildman–Crippen MR) is 136 cm³/mol. The Balaban J connectivity index is 1.24. The van der Waals surface area contributed by atoms with Crippen LogP contribution in [0.1, 0.15) is 31.7 Å². The molecule has 3 aromatic rings. The van der Waals surface area contributed by atoms with Gasteiger partial charge in [-0.25, -0.2) is 4.98 Å². The number of piperidine rings is 1. The van der Waals surface area contributed by atoms with Crippen molar-refractivity contribution in [3.05, 3.63) is 54.1 Å². The van der Waals surface area contributed by atoms with Crippen molar-refractivity contribution in [1.82, 2.24) is 15.2 Å². The zero-order chi connectivity index (χ0) is 23.0. The number of ether oxygens (including phenoxy) is 1. The maximum atomic E-state index is 12.8. The number of aromatic nitrogens is 1. The van der Waals surface area contributed by atoms with Crippen molar-refractivity contribution < 1.29 is 9.53 Å². The maximum absolute atomic E-state index is 12.8. The van der Waals surface area contributed by atoms with E-state index in [1.54, 1.807) is 11.3 Å². The molecular weight excluding hydrogens is 432 g/mol. The smallest absolute Gasteiger partial charge is 0.224 e. The van der Waals surface area contributed by atoms with Gasteiger partial charge in [0.25, 0.3) is 0 Å². The van der Waals surface area contributed by atoms with Crippen LogP contribution in [0.4, 0.5) is 5.13 Å². The maximum Gasteiger partial charge on any atom is 0.224 e. The van der Waals surface area contributed by atoms with Crippen LogP contribution < -0.4 is 15.0 Å². The molecule has 7 heteroatoms. The van der Waals surface area contributed by atoms with Crippen molar-refractivity contribution in [1.29, 1.82) is 0 Å². The van der Waals surface area contributed by atoms with Crippen LogP contribution in [-0.2, 0) is 11.3 Å². The third-order valence-electron chi connectivity index (χ3n) is 6.03. The van der Waals surface area contributed by atoms with E-state index in [1.807, 2.05) is 25.1 Å². The number of anilines is 1. The number of benzene rings is 2. The van der Waals surface area contributed by atoms with Crippen LogP contribution in [0.15, 0.2) is 48.5 Å². The minimum atomic E-state index is 0.0202. The molecule has 0 aliphatic carbocycles. The summed E-state index contributed by atoms with van der Waals surface area (Å²) in [5.41, 5.74) is 2.31. The van der Waals surface area contributed by atoms with Crippen LogP contribution >= 0.6 is 11.3 Å². The Bertz CT molecular complexity index is 1040. The number of nitrogens with zero attached hydrogens (tertiary/aromatic N) is 3. The molecular formula is C26H34N4O2S. The Morgan fingerprint density at radius 3 is 2.94 bits per heavy atom. The third kappa shape index (κ3) is 6.45. The second-order valence-electron chi connectivity index (χ2n) is 8.71. The lowest BCUT2D eigenvalue weighted by atomic mass is 9.97. The summed E-state index contributed by atoms with van der Waals surface area (Å²) in [7, 11) is 2.13. The highest BCUT2D eigenvalue weighted by molar-refractivity contribution is 7.22. The molecule has 1 amide bonds. The minimum Gasteiger partial charge on any atom is -0.494 e. The number of hydrogen-bond donors (Lipinski definition) is 1. The number of amides is 1. The Morgan fingerprint density at radius 1 is 1.27 bits per heavy atom. The lowest BCUT2D eigenvalue weighted by molar-refractivity contribution is -0.125. The molecule has 0 radical (unpaired) electrons. The molecule has 1 aliphatic heterocycles. The number of carbonyl (C=O) groups is 1. The van der Waals surface area contributed by atoms with Crippen molar-refractivity contribution >= 4 is 32.6 Å². The van der Waals surface area contributed by atoms with Crippen molar-refractivity contribution in [2.75, 3.05) is 44.7 Å². The quantitative estimate of drug-likeness (QED) is 0.444. The molecule has 1 aromatic heterocycles. The van der Waals surface area contributed by atoms with E-state index in [1.165, 1.54) is 5.56 Å². The summed E-state index contributed by atoms with van der Waals surface area (Å²) in [5.74, 6) is 1.07. The van der Waals surface area contributed by atoms with Gasteiger partial charge in [0.1, 0.15) is 5.75 Å². The molecule has 2 aromatic carbocycles. The topological polar surface area (TPSA) is 57.7 Å². The fraction of sp³-hybridized carbons (Fsp3) is 0.462. The molecule has 0 unspecified atom stereocenters. The van der Waals surface area contributed by atoms with Crippen LogP contribution in [0.5, 0.6) is 5.75 Å². The molecule has 0 bridgehead atoms. The zero-order valence-corrected chi connectivity index (χ0v) is 20.4. The third-order valence-corrected chi connectivity index (χ3v) is 7.11. The number of hydrogen-bond acceptors (Lipinski definition) is 6. The molecule has 1 fully saturated rings. The molecule has 33 heavy (non-hydrogen) atoms. The van der Waals surface area contributed by atoms with Gasteiger partial charge in [-0.3, -0.25) is 4.79 Å². The highest BCUT2D eigenvalue weighted by Gasteiger charge is 2.27. The summed E-state index contributed by atoms with van der Waals surface area (Å²) in [6, 6.07) is 16.5. The molecule has 4 rings (SSSR count). The summed E-state index contributed by atoms with van der Waals surface area (Å²) in [5, 5.41) is 4.16. The van der Waals surface area contributed by atoms with Crippen molar-refractivity contribution in [3.63, 3.8) is 0 Å². The van der Waals surface area contributed by atoms with E-state index in [-0.39, 0.29) is 11.8 Å². The van der Waals surface area contributed by atoms with Gasteiger partial charge in [-0.2, -0.15) is 0 Å². The van der Waals surface area contributed by atoms with Crippen LogP contribution in [0.25, 0.3) is 10.2 Å². The van der Waals surface area contributed by atoms with E-state index in [4.69, 9.17) is 9.72 Å². The van der Waals surface area contributed by atoms with Crippen LogP contribution in [-0.4, -0.2) is 55.6 Å². The summed E-state index contributed by atoms with van der Waals surface area (Å²) in [6.07, 6.45) is 2.90. The first-order valence-electron chi connectivity index (χ1n) is 11.9. The lowest BCUT2D eigenvalue weighted by Crippen LogP contribution is -2.43. The molecule has 176 valence electrons. The van der Waals surface area contributed by atoms with Gasteiger partial charge in [-0.05, 0) is 63.5 Å². The average Bonchev–Trinajstić information content (AvgIpc) is 3.26. The summed E-state index contributed by atoms with van der Waals surface area (Å²) in [6.45, 7) is 6.94. The van der Waals surface area contributed by atoms with Gasteiger partial charge in [-0.1, -0.05) is 41.7 Å². The molecule has 1 N–H and O–H groups in total.